The molecule has 22 heavy (non-hydrogen) atoms. The van der Waals surface area contributed by atoms with E-state index in [4.69, 9.17) is 23.2 Å². The molecule has 2 aromatic carbocycles. The zero-order valence-electron chi connectivity index (χ0n) is 12.0. The third-order valence-electron chi connectivity index (χ3n) is 2.99. The minimum absolute atomic E-state index is 0.139. The quantitative estimate of drug-likeness (QED) is 0.664. The van der Waals surface area contributed by atoms with Crippen LogP contribution in [0.5, 0.6) is 0 Å². The van der Waals surface area contributed by atoms with Crippen molar-refractivity contribution in [3.63, 3.8) is 0 Å². The Balaban J connectivity index is 2.29. The van der Waals surface area contributed by atoms with Gasteiger partial charge in [-0.1, -0.05) is 47.0 Å². The number of hydrogen-bond donors (Lipinski definition) is 1. The Morgan fingerprint density at radius 1 is 1.05 bits per heavy atom. The Bertz CT molecular complexity index is 796. The third kappa shape index (κ3) is 3.80. The Hall–Kier alpha value is -1.56. The zero-order valence-corrected chi connectivity index (χ0v) is 14.3. The van der Waals surface area contributed by atoms with E-state index in [1.54, 1.807) is 37.3 Å². The van der Waals surface area contributed by atoms with Crippen molar-refractivity contribution in [3.05, 3.63) is 63.6 Å². The van der Waals surface area contributed by atoms with Crippen LogP contribution in [0.2, 0.25) is 10.0 Å². The van der Waals surface area contributed by atoms with Crippen LogP contribution in [-0.2, 0) is 10.0 Å². The smallest absolute Gasteiger partial charge is 0.200 e. The summed E-state index contributed by atoms with van der Waals surface area (Å²) in [5.41, 5.74) is 1.85. The van der Waals surface area contributed by atoms with Crippen LogP contribution in [0.1, 0.15) is 18.1 Å². The van der Waals surface area contributed by atoms with Crippen molar-refractivity contribution in [2.24, 2.45) is 5.10 Å². The molecule has 0 atom stereocenters. The van der Waals surface area contributed by atoms with E-state index in [0.717, 1.165) is 5.56 Å². The van der Waals surface area contributed by atoms with Crippen LogP contribution in [0, 0.1) is 6.92 Å². The molecule has 0 saturated heterocycles. The van der Waals surface area contributed by atoms with Crippen LogP contribution in [0.15, 0.2) is 52.5 Å². The first kappa shape index (κ1) is 16.8. The highest BCUT2D eigenvalue weighted by atomic mass is 35.5. The molecule has 0 saturated carbocycles. The molecule has 0 aromatic heterocycles. The summed E-state index contributed by atoms with van der Waals surface area (Å²) in [6, 6.07) is 11.5. The topological polar surface area (TPSA) is 58.5 Å². The van der Waals surface area contributed by atoms with Crippen LogP contribution < -0.4 is 4.83 Å². The fraction of sp³-hybridized carbons (Fsp3) is 0.133. The predicted octanol–water partition coefficient (Wildman–Crippen LogP) is 4.00. The van der Waals surface area contributed by atoms with Gasteiger partial charge in [0.25, 0.3) is 10.0 Å². The summed E-state index contributed by atoms with van der Waals surface area (Å²) in [7, 11) is -3.73. The highest BCUT2D eigenvalue weighted by Gasteiger charge is 2.14. The fourth-order valence-electron chi connectivity index (χ4n) is 1.80. The molecule has 2 aromatic rings. The molecule has 0 heterocycles. The number of benzene rings is 2. The molecule has 7 heteroatoms. The van der Waals surface area contributed by atoms with Gasteiger partial charge in [-0.2, -0.15) is 18.4 Å². The molecule has 0 amide bonds. The number of hydrazone groups is 1. The van der Waals surface area contributed by atoms with E-state index < -0.39 is 10.0 Å². The number of aryl methyl sites for hydroxylation is 1. The predicted molar refractivity (Wildman–Crippen MR) is 90.2 cm³/mol. The monoisotopic (exact) mass is 356 g/mol. The maximum atomic E-state index is 12.2. The van der Waals surface area contributed by atoms with Crippen LogP contribution in [0.4, 0.5) is 0 Å². The normalized spacial score (nSPS) is 12.3. The Labute approximate surface area is 139 Å². The van der Waals surface area contributed by atoms with Gasteiger partial charge < -0.3 is 0 Å². The van der Waals surface area contributed by atoms with Gasteiger partial charge in [-0.25, -0.2) is 0 Å². The van der Waals surface area contributed by atoms with Crippen molar-refractivity contribution in [1.29, 1.82) is 0 Å². The largest absolute Gasteiger partial charge is 0.276 e. The van der Waals surface area contributed by atoms with Gasteiger partial charge in [0.1, 0.15) is 0 Å². The molecular weight excluding hydrogens is 343 g/mol. The number of nitrogens with zero attached hydrogens (tertiary/aromatic N) is 1. The third-order valence-corrected chi connectivity index (χ3v) is 4.84. The lowest BCUT2D eigenvalue weighted by Gasteiger charge is -2.08. The van der Waals surface area contributed by atoms with Crippen LogP contribution in [0.25, 0.3) is 0 Å². The summed E-state index contributed by atoms with van der Waals surface area (Å²) in [4.78, 5) is 2.33. The Kier molecular flexibility index (Phi) is 5.11. The standard InChI is InChI=1S/C15H14Cl2N2O2S/c1-10-6-8-12(9-7-10)22(20,21)19-18-11(2)15-13(16)4-3-5-14(15)17/h3-9,19H,1-2H3/b18-11+. The molecule has 0 fully saturated rings. The second-order valence-corrected chi connectivity index (χ2v) is 7.18. The molecule has 0 unspecified atom stereocenters. The van der Waals surface area contributed by atoms with Gasteiger partial charge in [-0.05, 0) is 38.1 Å². The van der Waals surface area contributed by atoms with E-state index in [9.17, 15) is 8.42 Å². The lowest BCUT2D eigenvalue weighted by Crippen LogP contribution is -2.20. The number of halogens is 2. The van der Waals surface area contributed by atoms with E-state index in [2.05, 4.69) is 9.93 Å². The van der Waals surface area contributed by atoms with Gasteiger partial charge in [0.05, 0.1) is 20.7 Å². The first-order valence-corrected chi connectivity index (χ1v) is 8.62. The molecule has 116 valence electrons. The molecule has 2 rings (SSSR count). The molecule has 0 aliphatic heterocycles. The SMILES string of the molecule is C/C(=N\NS(=O)(=O)c1ccc(C)cc1)c1c(Cl)cccc1Cl. The highest BCUT2D eigenvalue weighted by Crippen LogP contribution is 2.24. The van der Waals surface area contributed by atoms with Gasteiger partial charge in [0.15, 0.2) is 0 Å². The molecule has 1 N–H and O–H groups in total. The van der Waals surface area contributed by atoms with Crippen LogP contribution in [0.3, 0.4) is 0 Å². The van der Waals surface area contributed by atoms with Crippen molar-refractivity contribution in [1.82, 2.24) is 4.83 Å². The van der Waals surface area contributed by atoms with Crippen LogP contribution in [-0.4, -0.2) is 14.1 Å². The van der Waals surface area contributed by atoms with Crippen molar-refractivity contribution in [2.75, 3.05) is 0 Å². The van der Waals surface area contributed by atoms with E-state index in [1.165, 1.54) is 12.1 Å². The first-order valence-electron chi connectivity index (χ1n) is 6.38. The van der Waals surface area contributed by atoms with Crippen molar-refractivity contribution in [3.8, 4) is 0 Å². The van der Waals surface area contributed by atoms with Gasteiger partial charge in [0.2, 0.25) is 0 Å². The molecule has 0 aliphatic rings. The maximum Gasteiger partial charge on any atom is 0.276 e. The van der Waals surface area contributed by atoms with Gasteiger partial charge in [0, 0.05) is 5.56 Å². The van der Waals surface area contributed by atoms with Gasteiger partial charge in [-0.3, -0.25) is 0 Å². The average molecular weight is 357 g/mol. The summed E-state index contributed by atoms with van der Waals surface area (Å²) in [6.45, 7) is 3.51. The summed E-state index contributed by atoms with van der Waals surface area (Å²) in [5.74, 6) is 0. The van der Waals surface area contributed by atoms with E-state index in [1.807, 2.05) is 6.92 Å². The average Bonchev–Trinajstić information content (AvgIpc) is 2.45. The first-order chi connectivity index (χ1) is 10.3. The highest BCUT2D eigenvalue weighted by molar-refractivity contribution is 7.89. The molecule has 0 spiro atoms. The number of rotatable bonds is 4. The van der Waals surface area contributed by atoms with E-state index >= 15 is 0 Å². The molecule has 0 aliphatic carbocycles. The molecule has 4 nitrogen and oxygen atoms in total. The Morgan fingerprint density at radius 3 is 2.14 bits per heavy atom. The van der Waals surface area contributed by atoms with Crippen molar-refractivity contribution in [2.45, 2.75) is 18.7 Å². The molecule has 0 bridgehead atoms. The molecular formula is C15H14Cl2N2O2S. The minimum Gasteiger partial charge on any atom is -0.200 e. The lowest BCUT2D eigenvalue weighted by atomic mass is 10.1. The van der Waals surface area contributed by atoms with Crippen molar-refractivity contribution < 1.29 is 8.42 Å². The second kappa shape index (κ2) is 6.69. The zero-order chi connectivity index (χ0) is 16.3. The Morgan fingerprint density at radius 2 is 1.59 bits per heavy atom. The molecule has 0 radical (unpaired) electrons. The minimum atomic E-state index is -3.73. The summed E-state index contributed by atoms with van der Waals surface area (Å²) < 4.78 is 24.3. The number of nitrogens with one attached hydrogen (secondary N) is 1. The fourth-order valence-corrected chi connectivity index (χ4v) is 3.33. The number of hydrogen-bond acceptors (Lipinski definition) is 3. The van der Waals surface area contributed by atoms with Gasteiger partial charge in [-0.15, -0.1) is 0 Å². The summed E-state index contributed by atoms with van der Waals surface area (Å²) >= 11 is 12.1. The van der Waals surface area contributed by atoms with E-state index in [0.29, 0.717) is 21.3 Å². The second-order valence-electron chi connectivity index (χ2n) is 4.70. The van der Waals surface area contributed by atoms with E-state index in [-0.39, 0.29) is 4.90 Å². The maximum absolute atomic E-state index is 12.2. The number of sulfonamides is 1. The lowest BCUT2D eigenvalue weighted by molar-refractivity contribution is 0.584. The van der Waals surface area contributed by atoms with Crippen LogP contribution >= 0.6 is 23.2 Å². The van der Waals surface area contributed by atoms with Crippen molar-refractivity contribution >= 4 is 38.9 Å². The summed E-state index contributed by atoms with van der Waals surface area (Å²) in [6.07, 6.45) is 0. The summed E-state index contributed by atoms with van der Waals surface area (Å²) in [5, 5.41) is 4.71. The van der Waals surface area contributed by atoms with Gasteiger partial charge >= 0.3 is 0 Å².